The first-order valence-electron chi connectivity index (χ1n) is 30.3. The predicted octanol–water partition coefficient (Wildman–Crippen LogP) is 1.53. The Balaban J connectivity index is 0.819. The summed E-state index contributed by atoms with van der Waals surface area (Å²) in [5.74, 6) is -8.08. The molecule has 2 unspecified atom stereocenters. The van der Waals surface area contributed by atoms with Crippen LogP contribution in [0.25, 0.3) is 0 Å². The molecule has 0 aromatic carbocycles. The maximum atomic E-state index is 13.5. The molecule has 29 nitrogen and oxygen atoms in total. The minimum absolute atomic E-state index is 0.00404. The lowest BCUT2D eigenvalue weighted by atomic mass is 9.91. The van der Waals surface area contributed by atoms with Gasteiger partial charge in [0.15, 0.2) is 48.8 Å². The van der Waals surface area contributed by atoms with Gasteiger partial charge in [0.2, 0.25) is 0 Å². The Morgan fingerprint density at radius 2 is 0.489 bits per heavy atom. The van der Waals surface area contributed by atoms with Gasteiger partial charge >= 0.3 is 59.7 Å². The molecule has 8 rings (SSSR count). The van der Waals surface area contributed by atoms with E-state index >= 15 is 0 Å². The minimum atomic E-state index is -0.862. The maximum Gasteiger partial charge on any atom is 0.306 e. The Bertz CT molecular complexity index is 2210. The molecule has 8 aliphatic rings. The SMILES string of the molecule is CC(=O)O[C@@H]1CO[C@H]2[C@@H]1OC[C@@H]2OC(=O)CCC(CCC(=O)O[C@H]1CO[C@H]2[C@@H]1OC[C@H]2OC(C)=O)C(C)OC(=O)CCC(CCC(=O)OC(C)C(CCC(=O)O[C@H]1CO[C@H]2[C@@H]1OC[C@H]2OC(C)=O)CCC(=O)O[C@H]1CO[C@H]2[C@@H]1OC[C@H]2OC(C)=O)C(C)=O. The molecule has 0 spiro atoms. The van der Waals surface area contributed by atoms with Gasteiger partial charge in [0.05, 0.1) is 52.9 Å². The third kappa shape index (κ3) is 18.6. The Morgan fingerprint density at radius 1 is 0.295 bits per heavy atom. The normalized spacial score (nSPS) is 32.0. The third-order valence-electron chi connectivity index (χ3n) is 17.1. The van der Waals surface area contributed by atoms with Crippen LogP contribution in [-0.2, 0) is 138 Å². The Labute approximate surface area is 508 Å². The molecule has 0 bridgehead atoms. The summed E-state index contributed by atoms with van der Waals surface area (Å²) in [5, 5.41) is 0. The fourth-order valence-corrected chi connectivity index (χ4v) is 12.6. The number of hydrogen-bond donors (Lipinski definition) is 0. The number of fused-ring (bicyclic) bond motifs is 4. The number of ether oxygens (including phenoxy) is 18. The second-order valence-corrected chi connectivity index (χ2v) is 23.5. The average Bonchev–Trinajstić information content (AvgIpc) is 2.50. The number of carbonyl (C=O) groups is 11. The van der Waals surface area contributed by atoms with Crippen LogP contribution in [0.1, 0.15) is 126 Å². The molecule has 492 valence electrons. The number of esters is 10. The Morgan fingerprint density at radius 3 is 0.682 bits per heavy atom. The van der Waals surface area contributed by atoms with E-state index in [1.54, 1.807) is 13.8 Å². The lowest BCUT2D eigenvalue weighted by Crippen LogP contribution is -2.36. The Hall–Kier alpha value is -5.95. The molecule has 0 saturated carbocycles. The highest BCUT2D eigenvalue weighted by atomic mass is 16.7. The van der Waals surface area contributed by atoms with Crippen LogP contribution in [0.5, 0.6) is 0 Å². The molecule has 8 saturated heterocycles. The zero-order chi connectivity index (χ0) is 63.3. The van der Waals surface area contributed by atoms with Crippen molar-refractivity contribution in [3.63, 3.8) is 0 Å². The average molecular weight is 1260 g/mol. The van der Waals surface area contributed by atoms with Crippen LogP contribution in [0.15, 0.2) is 0 Å². The van der Waals surface area contributed by atoms with Crippen LogP contribution < -0.4 is 0 Å². The fourth-order valence-electron chi connectivity index (χ4n) is 12.6. The van der Waals surface area contributed by atoms with Crippen LogP contribution >= 0.6 is 0 Å². The van der Waals surface area contributed by atoms with E-state index in [-0.39, 0.29) is 136 Å². The van der Waals surface area contributed by atoms with Crippen molar-refractivity contribution in [2.75, 3.05) is 52.9 Å². The van der Waals surface area contributed by atoms with Crippen LogP contribution in [0.2, 0.25) is 0 Å². The van der Waals surface area contributed by atoms with E-state index in [9.17, 15) is 52.7 Å². The van der Waals surface area contributed by atoms with Gasteiger partial charge in [-0.05, 0) is 71.1 Å². The maximum absolute atomic E-state index is 13.5. The number of ketones is 1. The summed E-state index contributed by atoms with van der Waals surface area (Å²) in [6.07, 6.45) is -13.1. The van der Waals surface area contributed by atoms with Crippen molar-refractivity contribution in [3.05, 3.63) is 0 Å². The number of carbonyl (C=O) groups excluding carboxylic acids is 11. The zero-order valence-corrected chi connectivity index (χ0v) is 50.6. The number of Topliss-reactive ketones (excluding diaryl/α,β-unsaturated/α-hetero) is 1. The highest BCUT2D eigenvalue weighted by Gasteiger charge is 2.54. The Kier molecular flexibility index (Phi) is 24.5. The molecular weight excluding hydrogens is 1170 g/mol. The van der Waals surface area contributed by atoms with Crippen molar-refractivity contribution in [2.45, 2.75) is 235 Å². The highest BCUT2D eigenvalue weighted by molar-refractivity contribution is 5.80. The van der Waals surface area contributed by atoms with Gasteiger partial charge in [0, 0.05) is 72.1 Å². The smallest absolute Gasteiger partial charge is 0.306 e. The van der Waals surface area contributed by atoms with Gasteiger partial charge in [0.25, 0.3) is 0 Å². The van der Waals surface area contributed by atoms with Gasteiger partial charge in [-0.2, -0.15) is 0 Å². The molecule has 8 heterocycles. The van der Waals surface area contributed by atoms with Crippen LogP contribution in [0.4, 0.5) is 0 Å². The molecule has 8 fully saturated rings. The molecule has 0 amide bonds. The van der Waals surface area contributed by atoms with Crippen molar-refractivity contribution < 1.29 is 138 Å². The molecule has 8 aliphatic heterocycles. The zero-order valence-electron chi connectivity index (χ0n) is 50.6. The van der Waals surface area contributed by atoms with Gasteiger partial charge in [-0.15, -0.1) is 0 Å². The highest BCUT2D eigenvalue weighted by Crippen LogP contribution is 2.36. The van der Waals surface area contributed by atoms with E-state index in [0.717, 1.165) is 0 Å². The van der Waals surface area contributed by atoms with Crippen molar-refractivity contribution in [1.82, 2.24) is 0 Å². The molecule has 0 aromatic heterocycles. The van der Waals surface area contributed by atoms with Crippen LogP contribution in [-0.4, -0.2) is 228 Å². The first-order valence-corrected chi connectivity index (χ1v) is 30.3. The van der Waals surface area contributed by atoms with Gasteiger partial charge in [0.1, 0.15) is 66.8 Å². The molecule has 88 heavy (non-hydrogen) atoms. The standard InChI is InChI=1S/C59H82O29/c1-28(60)35(8-14-46(65)79-29(2)36(10-16-48(67)85-42-24-75-52-38(81-31(4)61)20-71-56(42)52)11-17-49(68)86-43-25-76-53-39(82-32(5)62)21-72-57(43)53)9-15-47(66)80-30(3)37(12-18-50(69)87-44-26-77-54-40(83-33(6)63)22-73-58(44)54)13-19-51(70)88-45-27-78-55-41(84-34(7)64)23-74-59(45)55/h29-30,35-45,52-59H,8-27H2,1-7H3/t29?,30?,35?,38-,39-,40-,41-,42+,43+,44+,45+,52-,53-,54-,55-,56-,57-,58-,59-/m1/s1. The van der Waals surface area contributed by atoms with Crippen LogP contribution in [0.3, 0.4) is 0 Å². The summed E-state index contributed by atoms with van der Waals surface area (Å²) in [7, 11) is 0. The first kappa shape index (κ1) is 68.0. The fraction of sp³-hybridized carbons (Fsp3) is 0.814. The first-order chi connectivity index (χ1) is 42.0. The molecule has 0 aromatic rings. The molecule has 18 atom stereocenters. The van der Waals surface area contributed by atoms with Crippen molar-refractivity contribution in [1.29, 1.82) is 0 Å². The summed E-state index contributed by atoms with van der Waals surface area (Å²) in [6.45, 7) is 9.99. The van der Waals surface area contributed by atoms with Gasteiger partial charge < -0.3 is 85.3 Å². The van der Waals surface area contributed by atoms with E-state index in [1.807, 2.05) is 0 Å². The van der Waals surface area contributed by atoms with Gasteiger partial charge in [-0.3, -0.25) is 52.7 Å². The molecule has 29 heteroatoms. The summed E-state index contributed by atoms with van der Waals surface area (Å²) in [6, 6.07) is 0. The number of rotatable bonds is 31. The molecule has 0 radical (unpaired) electrons. The summed E-state index contributed by atoms with van der Waals surface area (Å²) >= 11 is 0. The lowest BCUT2D eigenvalue weighted by Gasteiger charge is -2.25. The van der Waals surface area contributed by atoms with Crippen LogP contribution in [0, 0.1) is 17.8 Å². The second kappa shape index (κ2) is 31.7. The largest absolute Gasteiger partial charge is 0.462 e. The van der Waals surface area contributed by atoms with E-state index < -0.39 is 187 Å². The van der Waals surface area contributed by atoms with Crippen molar-refractivity contribution >= 4 is 65.5 Å². The predicted molar refractivity (Wildman–Crippen MR) is 287 cm³/mol. The van der Waals surface area contributed by atoms with Crippen molar-refractivity contribution in [3.8, 4) is 0 Å². The second-order valence-electron chi connectivity index (χ2n) is 23.5. The molecule has 0 aliphatic carbocycles. The topological polar surface area (TPSA) is 354 Å². The molecule has 0 N–H and O–H groups in total. The van der Waals surface area contributed by atoms with E-state index in [1.165, 1.54) is 34.6 Å². The third-order valence-corrected chi connectivity index (χ3v) is 17.1. The molecular formula is C59H82O29. The minimum Gasteiger partial charge on any atom is -0.462 e. The summed E-state index contributed by atoms with van der Waals surface area (Å²) in [5.41, 5.74) is 0. The van der Waals surface area contributed by atoms with Gasteiger partial charge in [-0.1, -0.05) is 0 Å². The monoisotopic (exact) mass is 1250 g/mol. The number of hydrogen-bond acceptors (Lipinski definition) is 29. The quantitative estimate of drug-likeness (QED) is 0.0701. The lowest BCUT2D eigenvalue weighted by molar-refractivity contribution is -0.158. The van der Waals surface area contributed by atoms with E-state index in [4.69, 9.17) is 85.3 Å². The van der Waals surface area contributed by atoms with Gasteiger partial charge in [-0.25, -0.2) is 0 Å². The van der Waals surface area contributed by atoms with E-state index in [0.29, 0.717) is 0 Å². The summed E-state index contributed by atoms with van der Waals surface area (Å²) < 4.78 is 102. The summed E-state index contributed by atoms with van der Waals surface area (Å²) in [4.78, 5) is 140. The van der Waals surface area contributed by atoms with E-state index in [2.05, 4.69) is 0 Å². The van der Waals surface area contributed by atoms with Crippen molar-refractivity contribution in [2.24, 2.45) is 17.8 Å².